The molecule has 4 heterocycles. The zero-order valence-corrected chi connectivity index (χ0v) is 25.4. The topological polar surface area (TPSA) is 69.2 Å². The second-order valence-corrected chi connectivity index (χ2v) is 12.0. The third-order valence-electron chi connectivity index (χ3n) is 9.39. The van der Waals surface area contributed by atoms with Crippen molar-refractivity contribution in [2.24, 2.45) is 0 Å². The van der Waals surface area contributed by atoms with E-state index >= 15 is 4.39 Å². The summed E-state index contributed by atoms with van der Waals surface area (Å²) in [6, 6.07) is 9.94. The third-order valence-corrected chi connectivity index (χ3v) is 9.39. The normalized spacial score (nSPS) is 18.2. The quantitative estimate of drug-likeness (QED) is 0.179. The van der Waals surface area contributed by atoms with Gasteiger partial charge in [-0.25, -0.2) is 8.78 Å². The van der Waals surface area contributed by atoms with Crippen LogP contribution in [0.25, 0.3) is 32.8 Å². The fourth-order valence-electron chi connectivity index (χ4n) is 7.23. The maximum Gasteiger partial charge on any atom is 0.319 e. The lowest BCUT2D eigenvalue weighted by molar-refractivity contribution is 0.0512. The Hall–Kier alpha value is -4.04. The molecule has 45 heavy (non-hydrogen) atoms. The molecule has 0 spiro atoms. The van der Waals surface area contributed by atoms with Gasteiger partial charge < -0.3 is 23.8 Å². The highest BCUT2D eigenvalue weighted by Crippen LogP contribution is 2.42. The van der Waals surface area contributed by atoms with E-state index in [1.807, 2.05) is 6.07 Å². The van der Waals surface area contributed by atoms with Crippen molar-refractivity contribution in [2.45, 2.75) is 37.6 Å². The Bertz CT molecular complexity index is 1770. The molecule has 3 aliphatic heterocycles. The molecule has 0 amide bonds. The first-order chi connectivity index (χ1) is 22.0. The van der Waals surface area contributed by atoms with Crippen molar-refractivity contribution < 1.29 is 27.7 Å². The summed E-state index contributed by atoms with van der Waals surface area (Å²) < 4.78 is 54.8. The molecule has 7 rings (SSSR count). The molecule has 0 N–H and O–H groups in total. The number of rotatable bonds is 8. The Morgan fingerprint density at radius 2 is 1.80 bits per heavy atom. The second kappa shape index (κ2) is 12.4. The number of terminal acetylenes is 1. The molecule has 4 aromatic rings. The van der Waals surface area contributed by atoms with Gasteiger partial charge in [0, 0.05) is 43.1 Å². The summed E-state index contributed by atoms with van der Waals surface area (Å²) in [7, 11) is 1.51. The summed E-state index contributed by atoms with van der Waals surface area (Å²) in [4.78, 5) is 14.1. The standard InChI is InChI=1S/C35H36F2N4O4/c1-3-25-29(36)10-7-23-19-24(45-22-42-2)20-28(30(23)25)26-8-9-27-32(31(26)37)38-34(39-33(27)40-13-6-17-43-18-16-40)44-21-35-11-4-14-41(35)15-5-12-35/h1,7-10,19-20H,4-6,11-18,21-22H2,2H3. The molecule has 3 aromatic carbocycles. The van der Waals surface area contributed by atoms with E-state index in [4.69, 9.17) is 30.4 Å². The van der Waals surface area contributed by atoms with Gasteiger partial charge in [0.2, 0.25) is 0 Å². The van der Waals surface area contributed by atoms with Crippen molar-refractivity contribution in [3.63, 3.8) is 0 Å². The Morgan fingerprint density at radius 1 is 0.956 bits per heavy atom. The van der Waals surface area contributed by atoms with Gasteiger partial charge in [-0.1, -0.05) is 18.1 Å². The van der Waals surface area contributed by atoms with Crippen LogP contribution >= 0.6 is 0 Å². The van der Waals surface area contributed by atoms with Gasteiger partial charge in [0.1, 0.15) is 29.5 Å². The molecular formula is C35H36F2N4O4. The van der Waals surface area contributed by atoms with Crippen LogP contribution in [0.2, 0.25) is 0 Å². The van der Waals surface area contributed by atoms with Crippen LogP contribution in [0.4, 0.5) is 14.6 Å². The number of hydrogen-bond acceptors (Lipinski definition) is 8. The molecule has 0 unspecified atom stereocenters. The Balaban J connectivity index is 1.39. The van der Waals surface area contributed by atoms with Gasteiger partial charge in [0.25, 0.3) is 0 Å². The molecule has 3 fully saturated rings. The minimum atomic E-state index is -0.578. The number of methoxy groups -OCH3 is 1. The third kappa shape index (κ3) is 5.43. The van der Waals surface area contributed by atoms with Crippen LogP contribution in [0.5, 0.6) is 11.8 Å². The van der Waals surface area contributed by atoms with E-state index in [2.05, 4.69) is 20.7 Å². The van der Waals surface area contributed by atoms with Gasteiger partial charge >= 0.3 is 6.01 Å². The number of benzene rings is 3. The molecule has 234 valence electrons. The highest BCUT2D eigenvalue weighted by Gasteiger charge is 2.45. The van der Waals surface area contributed by atoms with Crippen molar-refractivity contribution in [2.75, 3.05) is 64.8 Å². The smallest absolute Gasteiger partial charge is 0.319 e. The minimum absolute atomic E-state index is 0.00983. The molecule has 3 saturated heterocycles. The summed E-state index contributed by atoms with van der Waals surface area (Å²) in [5, 5.41) is 1.59. The van der Waals surface area contributed by atoms with Crippen LogP contribution in [0.15, 0.2) is 36.4 Å². The van der Waals surface area contributed by atoms with Crippen molar-refractivity contribution >= 4 is 27.5 Å². The van der Waals surface area contributed by atoms with Crippen molar-refractivity contribution in [3.8, 4) is 35.2 Å². The fraction of sp³-hybridized carbons (Fsp3) is 0.429. The average Bonchev–Trinajstić information content (AvgIpc) is 3.52. The van der Waals surface area contributed by atoms with Crippen LogP contribution in [0.1, 0.15) is 37.7 Å². The summed E-state index contributed by atoms with van der Waals surface area (Å²) in [6.45, 7) is 5.10. The van der Waals surface area contributed by atoms with Gasteiger partial charge in [0.15, 0.2) is 12.6 Å². The lowest BCUT2D eigenvalue weighted by atomic mass is 9.93. The number of hydrogen-bond donors (Lipinski definition) is 0. The summed E-state index contributed by atoms with van der Waals surface area (Å²) in [6.07, 6.45) is 11.0. The largest absolute Gasteiger partial charge is 0.468 e. The van der Waals surface area contributed by atoms with Crippen molar-refractivity contribution in [1.82, 2.24) is 14.9 Å². The van der Waals surface area contributed by atoms with E-state index in [9.17, 15) is 4.39 Å². The van der Waals surface area contributed by atoms with E-state index in [0.717, 1.165) is 45.2 Å². The van der Waals surface area contributed by atoms with Crippen molar-refractivity contribution in [3.05, 3.63) is 53.6 Å². The van der Waals surface area contributed by atoms with Gasteiger partial charge in [-0.15, -0.1) is 6.42 Å². The molecule has 0 bridgehead atoms. The van der Waals surface area contributed by atoms with Crippen LogP contribution in [-0.2, 0) is 9.47 Å². The SMILES string of the molecule is C#Cc1c(F)ccc2cc(OCOC)cc(-c3ccc4c(N5CCCOCC5)nc(OCC56CCCN5CCC6)nc4c3F)c12. The fourth-order valence-corrected chi connectivity index (χ4v) is 7.23. The van der Waals surface area contributed by atoms with Crippen LogP contribution < -0.4 is 14.4 Å². The van der Waals surface area contributed by atoms with Crippen LogP contribution in [-0.4, -0.2) is 80.3 Å². The van der Waals surface area contributed by atoms with E-state index in [1.165, 1.54) is 13.2 Å². The Morgan fingerprint density at radius 3 is 2.60 bits per heavy atom. The van der Waals surface area contributed by atoms with E-state index in [1.54, 1.807) is 24.3 Å². The van der Waals surface area contributed by atoms with Gasteiger partial charge in [-0.05, 0) is 80.4 Å². The maximum atomic E-state index is 17.0. The average molecular weight is 615 g/mol. The number of anilines is 1. The molecule has 10 heteroatoms. The molecule has 8 nitrogen and oxygen atoms in total. The van der Waals surface area contributed by atoms with Crippen LogP contribution in [0.3, 0.4) is 0 Å². The van der Waals surface area contributed by atoms with Crippen molar-refractivity contribution in [1.29, 1.82) is 0 Å². The van der Waals surface area contributed by atoms with Crippen LogP contribution in [0, 0.1) is 24.0 Å². The maximum absolute atomic E-state index is 17.0. The molecule has 0 aliphatic carbocycles. The zero-order chi connectivity index (χ0) is 31.0. The molecular weight excluding hydrogens is 578 g/mol. The first-order valence-corrected chi connectivity index (χ1v) is 15.6. The summed E-state index contributed by atoms with van der Waals surface area (Å²) in [5.41, 5.74) is 0.757. The second-order valence-electron chi connectivity index (χ2n) is 12.0. The molecule has 0 atom stereocenters. The Labute approximate surface area is 261 Å². The van der Waals surface area contributed by atoms with E-state index < -0.39 is 11.6 Å². The number of fused-ring (bicyclic) bond motifs is 3. The Kier molecular flexibility index (Phi) is 8.17. The summed E-state index contributed by atoms with van der Waals surface area (Å²) in [5.74, 6) is 2.37. The first-order valence-electron chi connectivity index (χ1n) is 15.6. The van der Waals surface area contributed by atoms with E-state index in [-0.39, 0.29) is 35.0 Å². The first kappa shape index (κ1) is 29.7. The van der Waals surface area contributed by atoms with Gasteiger partial charge in [-0.3, -0.25) is 4.90 Å². The minimum Gasteiger partial charge on any atom is -0.468 e. The molecule has 3 aliphatic rings. The van der Waals surface area contributed by atoms with Gasteiger partial charge in [-0.2, -0.15) is 9.97 Å². The number of ether oxygens (including phenoxy) is 4. The predicted molar refractivity (Wildman–Crippen MR) is 169 cm³/mol. The van der Waals surface area contributed by atoms with E-state index in [0.29, 0.717) is 66.2 Å². The predicted octanol–water partition coefficient (Wildman–Crippen LogP) is 5.93. The zero-order valence-electron chi connectivity index (χ0n) is 25.4. The monoisotopic (exact) mass is 614 g/mol. The highest BCUT2D eigenvalue weighted by molar-refractivity contribution is 6.04. The lowest BCUT2D eigenvalue weighted by Gasteiger charge is -2.31. The number of aromatic nitrogens is 2. The number of halogens is 2. The molecule has 0 saturated carbocycles. The molecule has 0 radical (unpaired) electrons. The van der Waals surface area contributed by atoms with Gasteiger partial charge in [0.05, 0.1) is 17.7 Å². The summed E-state index contributed by atoms with van der Waals surface area (Å²) >= 11 is 0. The highest BCUT2D eigenvalue weighted by atomic mass is 19.1. The lowest BCUT2D eigenvalue weighted by Crippen LogP contribution is -2.43. The number of nitrogens with zero attached hydrogens (tertiary/aromatic N) is 4. The molecule has 1 aromatic heterocycles.